The van der Waals surface area contributed by atoms with E-state index in [1.165, 1.54) is 0 Å². The SMILES string of the molecule is C=CC(CC(=O)N1CCCC(C(=O)O)C1)c1ccccc1. The Kier molecular flexibility index (Phi) is 5.14. The molecule has 0 radical (unpaired) electrons. The maximum atomic E-state index is 12.4. The van der Waals surface area contributed by atoms with E-state index in [0.717, 1.165) is 12.0 Å². The van der Waals surface area contributed by atoms with Gasteiger partial charge in [0.05, 0.1) is 5.92 Å². The highest BCUT2D eigenvalue weighted by Crippen LogP contribution is 2.24. The number of aliphatic carboxylic acids is 1. The van der Waals surface area contributed by atoms with Crippen molar-refractivity contribution in [1.82, 2.24) is 4.90 Å². The number of carboxylic acids is 1. The molecule has 0 spiro atoms. The van der Waals surface area contributed by atoms with Crippen molar-refractivity contribution in [3.8, 4) is 0 Å². The van der Waals surface area contributed by atoms with Gasteiger partial charge in [0.25, 0.3) is 0 Å². The summed E-state index contributed by atoms with van der Waals surface area (Å²) < 4.78 is 0. The summed E-state index contributed by atoms with van der Waals surface area (Å²) in [5.74, 6) is -1.25. The molecule has 0 aliphatic carbocycles. The Morgan fingerprint density at radius 2 is 2.10 bits per heavy atom. The highest BCUT2D eigenvalue weighted by molar-refractivity contribution is 5.79. The zero-order valence-corrected chi connectivity index (χ0v) is 12.1. The molecule has 1 saturated heterocycles. The van der Waals surface area contributed by atoms with E-state index in [2.05, 4.69) is 6.58 Å². The number of allylic oxidation sites excluding steroid dienone is 1. The van der Waals surface area contributed by atoms with Crippen LogP contribution in [0.1, 0.15) is 30.7 Å². The number of hydrogen-bond donors (Lipinski definition) is 1. The van der Waals surface area contributed by atoms with E-state index < -0.39 is 11.9 Å². The number of hydrogen-bond acceptors (Lipinski definition) is 2. The minimum Gasteiger partial charge on any atom is -0.481 e. The highest BCUT2D eigenvalue weighted by Gasteiger charge is 2.28. The van der Waals surface area contributed by atoms with Crippen LogP contribution < -0.4 is 0 Å². The lowest BCUT2D eigenvalue weighted by atomic mass is 9.93. The third kappa shape index (κ3) is 3.94. The maximum absolute atomic E-state index is 12.4. The van der Waals surface area contributed by atoms with Crippen molar-refractivity contribution in [3.63, 3.8) is 0 Å². The predicted octanol–water partition coefficient (Wildman–Crippen LogP) is 2.67. The van der Waals surface area contributed by atoms with Gasteiger partial charge in [-0.05, 0) is 18.4 Å². The van der Waals surface area contributed by atoms with Gasteiger partial charge in [0, 0.05) is 25.4 Å². The third-order valence-corrected chi connectivity index (χ3v) is 4.03. The Morgan fingerprint density at radius 3 is 2.71 bits per heavy atom. The number of nitrogens with zero attached hydrogens (tertiary/aromatic N) is 1. The van der Waals surface area contributed by atoms with Crippen molar-refractivity contribution in [2.75, 3.05) is 13.1 Å². The number of carbonyl (C=O) groups is 2. The van der Waals surface area contributed by atoms with Crippen LogP contribution in [0.5, 0.6) is 0 Å². The second kappa shape index (κ2) is 7.07. The fourth-order valence-electron chi connectivity index (χ4n) is 2.76. The van der Waals surface area contributed by atoms with Gasteiger partial charge in [-0.1, -0.05) is 36.4 Å². The first kappa shape index (κ1) is 15.3. The summed E-state index contributed by atoms with van der Waals surface area (Å²) in [6, 6.07) is 9.79. The first-order valence-electron chi connectivity index (χ1n) is 7.30. The molecular weight excluding hydrogens is 266 g/mol. The number of carbonyl (C=O) groups excluding carboxylic acids is 1. The van der Waals surface area contributed by atoms with E-state index in [9.17, 15) is 9.59 Å². The molecule has 4 heteroatoms. The Labute approximate surface area is 125 Å². The van der Waals surface area contributed by atoms with Gasteiger partial charge in [0.15, 0.2) is 0 Å². The predicted molar refractivity (Wildman–Crippen MR) is 80.9 cm³/mol. The van der Waals surface area contributed by atoms with E-state index in [-0.39, 0.29) is 11.8 Å². The average molecular weight is 287 g/mol. The molecule has 1 aliphatic rings. The molecule has 21 heavy (non-hydrogen) atoms. The number of piperidine rings is 1. The first-order valence-corrected chi connectivity index (χ1v) is 7.30. The van der Waals surface area contributed by atoms with Crippen LogP contribution in [0.3, 0.4) is 0 Å². The summed E-state index contributed by atoms with van der Waals surface area (Å²) in [4.78, 5) is 25.1. The second-order valence-electron chi connectivity index (χ2n) is 5.47. The van der Waals surface area contributed by atoms with Gasteiger partial charge in [-0.3, -0.25) is 9.59 Å². The molecule has 0 saturated carbocycles. The van der Waals surface area contributed by atoms with Crippen molar-refractivity contribution in [3.05, 3.63) is 48.6 Å². The normalized spacial score (nSPS) is 19.8. The van der Waals surface area contributed by atoms with Gasteiger partial charge in [0.2, 0.25) is 5.91 Å². The van der Waals surface area contributed by atoms with E-state index >= 15 is 0 Å². The van der Waals surface area contributed by atoms with Gasteiger partial charge < -0.3 is 10.0 Å². The Bertz CT molecular complexity index is 512. The lowest BCUT2D eigenvalue weighted by Gasteiger charge is -2.31. The fraction of sp³-hybridized carbons (Fsp3) is 0.412. The first-order chi connectivity index (χ1) is 10.1. The van der Waals surface area contributed by atoms with Crippen LogP contribution in [0.2, 0.25) is 0 Å². The topological polar surface area (TPSA) is 57.6 Å². The molecule has 112 valence electrons. The Morgan fingerprint density at radius 1 is 1.38 bits per heavy atom. The number of carboxylic acid groups (broad SMARTS) is 1. The van der Waals surface area contributed by atoms with Gasteiger partial charge >= 0.3 is 5.97 Å². The van der Waals surface area contributed by atoms with Crippen LogP contribution in [0.25, 0.3) is 0 Å². The lowest BCUT2D eigenvalue weighted by Crippen LogP contribution is -2.42. The van der Waals surface area contributed by atoms with Crippen LogP contribution >= 0.6 is 0 Å². The van der Waals surface area contributed by atoms with Crippen LogP contribution in [0.4, 0.5) is 0 Å². The summed E-state index contributed by atoms with van der Waals surface area (Å²) in [5.41, 5.74) is 1.06. The molecule has 0 aromatic heterocycles. The van der Waals surface area contributed by atoms with Crippen LogP contribution in [-0.4, -0.2) is 35.0 Å². The van der Waals surface area contributed by atoms with Crippen molar-refractivity contribution in [2.45, 2.75) is 25.2 Å². The zero-order chi connectivity index (χ0) is 15.2. The Hall–Kier alpha value is -2.10. The van der Waals surface area contributed by atoms with Crippen molar-refractivity contribution in [2.24, 2.45) is 5.92 Å². The molecule has 1 heterocycles. The zero-order valence-electron chi connectivity index (χ0n) is 12.1. The summed E-state index contributed by atoms with van der Waals surface area (Å²) in [6.45, 7) is 4.79. The largest absolute Gasteiger partial charge is 0.481 e. The van der Waals surface area contributed by atoms with E-state index in [4.69, 9.17) is 5.11 Å². The molecule has 2 rings (SSSR count). The molecule has 1 fully saturated rings. The maximum Gasteiger partial charge on any atom is 0.308 e. The van der Waals surface area contributed by atoms with Crippen LogP contribution in [0, 0.1) is 5.92 Å². The number of rotatable bonds is 5. The highest BCUT2D eigenvalue weighted by atomic mass is 16.4. The van der Waals surface area contributed by atoms with E-state index in [1.54, 1.807) is 11.0 Å². The standard InChI is InChI=1S/C17H21NO3/c1-2-13(14-7-4-3-5-8-14)11-16(19)18-10-6-9-15(12-18)17(20)21/h2-5,7-8,13,15H,1,6,9-12H2,(H,20,21). The molecule has 1 amide bonds. The second-order valence-corrected chi connectivity index (χ2v) is 5.47. The van der Waals surface area contributed by atoms with Crippen molar-refractivity contribution >= 4 is 11.9 Å². The summed E-state index contributed by atoms with van der Waals surface area (Å²) in [6.07, 6.45) is 3.54. The molecule has 0 bridgehead atoms. The quantitative estimate of drug-likeness (QED) is 0.847. The molecular formula is C17H21NO3. The van der Waals surface area contributed by atoms with Crippen LogP contribution in [0.15, 0.2) is 43.0 Å². The van der Waals surface area contributed by atoms with Gasteiger partial charge in [-0.25, -0.2) is 0 Å². The monoisotopic (exact) mass is 287 g/mol. The molecule has 4 nitrogen and oxygen atoms in total. The summed E-state index contributed by atoms with van der Waals surface area (Å²) in [5, 5.41) is 9.09. The third-order valence-electron chi connectivity index (χ3n) is 4.03. The molecule has 2 atom stereocenters. The van der Waals surface area contributed by atoms with Crippen LogP contribution in [-0.2, 0) is 9.59 Å². The molecule has 2 unspecified atom stereocenters. The molecule has 1 aliphatic heterocycles. The smallest absolute Gasteiger partial charge is 0.308 e. The molecule has 1 N–H and O–H groups in total. The van der Waals surface area contributed by atoms with E-state index in [0.29, 0.717) is 25.9 Å². The lowest BCUT2D eigenvalue weighted by molar-refractivity contribution is -0.145. The fourth-order valence-corrected chi connectivity index (χ4v) is 2.76. The minimum atomic E-state index is -0.809. The minimum absolute atomic E-state index is 0.00898. The number of benzene rings is 1. The molecule has 1 aromatic rings. The summed E-state index contributed by atoms with van der Waals surface area (Å²) >= 11 is 0. The summed E-state index contributed by atoms with van der Waals surface area (Å²) in [7, 11) is 0. The van der Waals surface area contributed by atoms with Crippen molar-refractivity contribution < 1.29 is 14.7 Å². The van der Waals surface area contributed by atoms with Gasteiger partial charge in [-0.2, -0.15) is 0 Å². The van der Waals surface area contributed by atoms with E-state index in [1.807, 2.05) is 30.3 Å². The number of amides is 1. The molecule has 1 aromatic carbocycles. The van der Waals surface area contributed by atoms with Gasteiger partial charge in [-0.15, -0.1) is 6.58 Å². The van der Waals surface area contributed by atoms with Gasteiger partial charge in [0.1, 0.15) is 0 Å². The number of likely N-dealkylation sites (tertiary alicyclic amines) is 1. The average Bonchev–Trinajstić information content (AvgIpc) is 2.53. The Balaban J connectivity index is 1.99. The van der Waals surface area contributed by atoms with Crippen molar-refractivity contribution in [1.29, 1.82) is 0 Å².